The zero-order chi connectivity index (χ0) is 14.8. The molecule has 1 saturated carbocycles. The van der Waals surface area contributed by atoms with Crippen LogP contribution in [0, 0.1) is 5.82 Å². The predicted octanol–water partition coefficient (Wildman–Crippen LogP) is 2.83. The van der Waals surface area contributed by atoms with E-state index in [2.05, 4.69) is 0 Å². The Hall–Kier alpha value is -1.42. The van der Waals surface area contributed by atoms with Crippen LogP contribution < -0.4 is 5.73 Å². The largest absolute Gasteiger partial charge is 0.335 e. The summed E-state index contributed by atoms with van der Waals surface area (Å²) in [5.74, 6) is -0.167. The molecule has 0 saturated heterocycles. The van der Waals surface area contributed by atoms with Crippen LogP contribution in [0.4, 0.5) is 4.39 Å². The summed E-state index contributed by atoms with van der Waals surface area (Å²) in [6.45, 7) is 4.19. The zero-order valence-electron chi connectivity index (χ0n) is 12.2. The number of carbonyl (C=O) groups is 1. The number of rotatable bonds is 6. The van der Waals surface area contributed by atoms with E-state index in [-0.39, 0.29) is 23.3 Å². The lowest BCUT2D eigenvalue weighted by Crippen LogP contribution is -2.37. The van der Waals surface area contributed by atoms with E-state index in [0.29, 0.717) is 24.9 Å². The van der Waals surface area contributed by atoms with Gasteiger partial charge >= 0.3 is 0 Å². The Labute approximate surface area is 120 Å². The standard InChI is InChI=1S/C16H23FN2O/c1-16(2,18)10-9-15(20)19(13-7-8-13)11-12-5-3-4-6-14(12)17/h3-6,13H,7-11,18H2,1-2H3. The molecule has 2 N–H and O–H groups in total. The average Bonchev–Trinajstić information content (AvgIpc) is 3.18. The van der Waals surface area contributed by atoms with Gasteiger partial charge in [0.05, 0.1) is 0 Å². The van der Waals surface area contributed by atoms with Crippen molar-refractivity contribution in [1.82, 2.24) is 4.90 Å². The number of hydrogen-bond donors (Lipinski definition) is 1. The highest BCUT2D eigenvalue weighted by Crippen LogP contribution is 2.30. The van der Waals surface area contributed by atoms with Gasteiger partial charge in [0.1, 0.15) is 5.82 Å². The van der Waals surface area contributed by atoms with Crippen molar-refractivity contribution in [3.8, 4) is 0 Å². The van der Waals surface area contributed by atoms with Gasteiger partial charge in [-0.3, -0.25) is 4.79 Å². The molecule has 110 valence electrons. The summed E-state index contributed by atoms with van der Waals surface area (Å²) in [5.41, 5.74) is 6.16. The average molecular weight is 278 g/mol. The summed E-state index contributed by atoms with van der Waals surface area (Å²) in [5, 5.41) is 0. The maximum atomic E-state index is 13.7. The number of halogens is 1. The van der Waals surface area contributed by atoms with Crippen LogP contribution in [0.5, 0.6) is 0 Å². The Bertz CT molecular complexity index is 478. The Balaban J connectivity index is 2.01. The highest BCUT2D eigenvalue weighted by Gasteiger charge is 2.33. The van der Waals surface area contributed by atoms with Crippen molar-refractivity contribution >= 4 is 5.91 Å². The monoisotopic (exact) mass is 278 g/mol. The van der Waals surface area contributed by atoms with Crippen molar-refractivity contribution in [1.29, 1.82) is 0 Å². The van der Waals surface area contributed by atoms with Gasteiger partial charge in [-0.25, -0.2) is 4.39 Å². The van der Waals surface area contributed by atoms with Crippen LogP contribution in [0.15, 0.2) is 24.3 Å². The molecular formula is C16H23FN2O. The van der Waals surface area contributed by atoms with Crippen molar-refractivity contribution in [2.45, 2.75) is 57.7 Å². The van der Waals surface area contributed by atoms with Gasteiger partial charge in [0.2, 0.25) is 5.91 Å². The van der Waals surface area contributed by atoms with Crippen LogP contribution in [0.1, 0.15) is 45.1 Å². The molecule has 20 heavy (non-hydrogen) atoms. The lowest BCUT2D eigenvalue weighted by Gasteiger charge is -2.25. The fraction of sp³-hybridized carbons (Fsp3) is 0.562. The van der Waals surface area contributed by atoms with Crippen molar-refractivity contribution in [2.75, 3.05) is 0 Å². The molecule has 1 aliphatic rings. The molecule has 0 atom stereocenters. The normalized spacial score (nSPS) is 15.2. The Morgan fingerprint density at radius 1 is 1.40 bits per heavy atom. The molecule has 1 aromatic rings. The second kappa shape index (κ2) is 5.92. The third kappa shape index (κ3) is 4.30. The molecule has 1 aromatic carbocycles. The van der Waals surface area contributed by atoms with E-state index in [9.17, 15) is 9.18 Å². The first-order chi connectivity index (χ1) is 9.37. The Morgan fingerprint density at radius 3 is 2.60 bits per heavy atom. The number of nitrogens with two attached hydrogens (primary N) is 1. The van der Waals surface area contributed by atoms with Crippen LogP contribution in [0.2, 0.25) is 0 Å². The third-order valence-corrected chi connectivity index (χ3v) is 3.59. The molecule has 0 aliphatic heterocycles. The number of hydrogen-bond acceptors (Lipinski definition) is 2. The summed E-state index contributed by atoms with van der Waals surface area (Å²) in [6, 6.07) is 6.93. The predicted molar refractivity (Wildman–Crippen MR) is 77.5 cm³/mol. The number of nitrogens with zero attached hydrogens (tertiary/aromatic N) is 1. The van der Waals surface area contributed by atoms with E-state index >= 15 is 0 Å². The molecule has 0 aromatic heterocycles. The number of carbonyl (C=O) groups excluding carboxylic acids is 1. The highest BCUT2D eigenvalue weighted by atomic mass is 19.1. The number of benzene rings is 1. The summed E-state index contributed by atoms with van der Waals surface area (Å²) >= 11 is 0. The molecular weight excluding hydrogens is 255 g/mol. The fourth-order valence-electron chi connectivity index (χ4n) is 2.19. The maximum absolute atomic E-state index is 13.7. The second-order valence-corrected chi connectivity index (χ2v) is 6.33. The highest BCUT2D eigenvalue weighted by molar-refractivity contribution is 5.77. The van der Waals surface area contributed by atoms with Gasteiger partial charge in [0.15, 0.2) is 0 Å². The Morgan fingerprint density at radius 2 is 2.05 bits per heavy atom. The summed E-state index contributed by atoms with van der Waals surface area (Å²) in [4.78, 5) is 14.1. The SMILES string of the molecule is CC(C)(N)CCC(=O)N(Cc1ccccc1F)C1CC1. The molecule has 2 rings (SSSR count). The summed E-state index contributed by atoms with van der Waals surface area (Å²) in [7, 11) is 0. The van der Waals surface area contributed by atoms with Gasteiger partial charge in [-0.05, 0) is 39.2 Å². The van der Waals surface area contributed by atoms with E-state index in [1.54, 1.807) is 18.2 Å². The summed E-state index contributed by atoms with van der Waals surface area (Å²) in [6.07, 6.45) is 3.11. The van der Waals surface area contributed by atoms with Gasteiger partial charge in [0, 0.05) is 30.1 Å². The van der Waals surface area contributed by atoms with Crippen LogP contribution in [-0.2, 0) is 11.3 Å². The van der Waals surface area contributed by atoms with Crippen molar-refractivity contribution in [3.05, 3.63) is 35.6 Å². The minimum atomic E-state index is -0.344. The molecule has 3 nitrogen and oxygen atoms in total. The Kier molecular flexibility index (Phi) is 4.43. The summed E-state index contributed by atoms with van der Waals surface area (Å²) < 4.78 is 13.7. The molecule has 0 unspecified atom stereocenters. The molecule has 1 aliphatic carbocycles. The van der Waals surface area contributed by atoms with Gasteiger partial charge in [-0.1, -0.05) is 18.2 Å². The van der Waals surface area contributed by atoms with E-state index in [4.69, 9.17) is 5.73 Å². The van der Waals surface area contributed by atoms with Crippen LogP contribution >= 0.6 is 0 Å². The first kappa shape index (κ1) is 15.0. The van der Waals surface area contributed by atoms with Crippen molar-refractivity contribution in [3.63, 3.8) is 0 Å². The van der Waals surface area contributed by atoms with Crippen LogP contribution in [0.3, 0.4) is 0 Å². The molecule has 1 fully saturated rings. The third-order valence-electron chi connectivity index (χ3n) is 3.59. The lowest BCUT2D eigenvalue weighted by atomic mass is 9.99. The van der Waals surface area contributed by atoms with Crippen LogP contribution in [0.25, 0.3) is 0 Å². The maximum Gasteiger partial charge on any atom is 0.223 e. The van der Waals surface area contributed by atoms with Gasteiger partial charge in [-0.2, -0.15) is 0 Å². The van der Waals surface area contributed by atoms with Crippen molar-refractivity contribution in [2.24, 2.45) is 5.73 Å². The topological polar surface area (TPSA) is 46.3 Å². The van der Waals surface area contributed by atoms with Crippen LogP contribution in [-0.4, -0.2) is 22.4 Å². The minimum absolute atomic E-state index is 0.0780. The molecule has 0 spiro atoms. The molecule has 0 bridgehead atoms. The van der Waals surface area contributed by atoms with Gasteiger partial charge < -0.3 is 10.6 Å². The first-order valence-corrected chi connectivity index (χ1v) is 7.18. The molecule has 1 amide bonds. The second-order valence-electron chi connectivity index (χ2n) is 6.33. The minimum Gasteiger partial charge on any atom is -0.335 e. The lowest BCUT2D eigenvalue weighted by molar-refractivity contribution is -0.132. The molecule has 0 heterocycles. The van der Waals surface area contributed by atoms with Gasteiger partial charge in [-0.15, -0.1) is 0 Å². The van der Waals surface area contributed by atoms with E-state index in [1.807, 2.05) is 18.7 Å². The van der Waals surface area contributed by atoms with E-state index in [1.165, 1.54) is 6.07 Å². The number of amides is 1. The van der Waals surface area contributed by atoms with Gasteiger partial charge in [0.25, 0.3) is 0 Å². The first-order valence-electron chi connectivity index (χ1n) is 7.18. The van der Waals surface area contributed by atoms with E-state index < -0.39 is 0 Å². The van der Waals surface area contributed by atoms with Crippen molar-refractivity contribution < 1.29 is 9.18 Å². The zero-order valence-corrected chi connectivity index (χ0v) is 12.2. The molecule has 0 radical (unpaired) electrons. The quantitative estimate of drug-likeness (QED) is 0.869. The van der Waals surface area contributed by atoms with E-state index in [0.717, 1.165) is 12.8 Å². The fourth-order valence-corrected chi connectivity index (χ4v) is 2.19. The molecule has 4 heteroatoms. The smallest absolute Gasteiger partial charge is 0.223 e.